The molecule has 1 aromatic carbocycles. The number of aromatic nitrogens is 3. The normalized spacial score (nSPS) is 15.2. The van der Waals surface area contributed by atoms with E-state index in [2.05, 4.69) is 26.5 Å². The molecule has 0 saturated carbocycles. The van der Waals surface area contributed by atoms with E-state index in [4.69, 9.17) is 9.26 Å². The number of benzene rings is 1. The highest BCUT2D eigenvalue weighted by molar-refractivity contribution is 7.20. The number of para-hydroxylation sites is 1. The van der Waals surface area contributed by atoms with Crippen molar-refractivity contribution in [3.63, 3.8) is 0 Å². The molecule has 32 heavy (non-hydrogen) atoms. The van der Waals surface area contributed by atoms with E-state index >= 15 is 0 Å². The van der Waals surface area contributed by atoms with Crippen LogP contribution in [0.15, 0.2) is 47.4 Å². The van der Waals surface area contributed by atoms with Crippen molar-refractivity contribution >= 4 is 33.3 Å². The van der Waals surface area contributed by atoms with E-state index in [0.29, 0.717) is 23.7 Å². The highest BCUT2D eigenvalue weighted by atomic mass is 32.1. The zero-order chi connectivity index (χ0) is 22.1. The Morgan fingerprint density at radius 1 is 1.28 bits per heavy atom. The van der Waals surface area contributed by atoms with Gasteiger partial charge in [0.1, 0.15) is 40.8 Å². The molecule has 0 spiro atoms. The molecule has 4 aromatic rings. The number of ether oxygens (including phenoxy) is 1. The SMILES string of the molecule is Cc1c(C(=O)N(C)Cc2ccon2)sc2ncnc(NC[C@H]3CCc4ccccc4O3)c12. The summed E-state index contributed by atoms with van der Waals surface area (Å²) in [7, 11) is 1.75. The molecule has 1 N–H and O–H groups in total. The first-order valence-electron chi connectivity index (χ1n) is 10.5. The van der Waals surface area contributed by atoms with Crippen LogP contribution in [0.4, 0.5) is 5.82 Å². The van der Waals surface area contributed by atoms with E-state index in [9.17, 15) is 4.79 Å². The third-order valence-corrected chi connectivity index (χ3v) is 6.85. The van der Waals surface area contributed by atoms with Crippen molar-refractivity contribution in [3.05, 3.63) is 64.6 Å². The number of nitrogens with one attached hydrogen (secondary N) is 1. The highest BCUT2D eigenvalue weighted by Gasteiger charge is 2.24. The molecule has 4 heterocycles. The van der Waals surface area contributed by atoms with E-state index in [-0.39, 0.29) is 12.0 Å². The standard InChI is InChI=1S/C23H23N5O3S/c1-14-19-21(24-11-17-8-7-15-5-3-4-6-18(15)31-17)25-13-26-22(19)32-20(14)23(29)28(2)12-16-9-10-30-27-16/h3-6,9-10,13,17H,7-8,11-12H2,1-2H3,(H,24,25,26)/t17-/m1/s1. The largest absolute Gasteiger partial charge is 0.488 e. The number of carbonyl (C=O) groups is 1. The molecule has 1 atom stereocenters. The van der Waals surface area contributed by atoms with Crippen LogP contribution in [-0.4, -0.2) is 45.6 Å². The highest BCUT2D eigenvalue weighted by Crippen LogP contribution is 2.34. The van der Waals surface area contributed by atoms with Crippen molar-refractivity contribution in [2.75, 3.05) is 18.9 Å². The van der Waals surface area contributed by atoms with Crippen molar-refractivity contribution in [1.29, 1.82) is 0 Å². The van der Waals surface area contributed by atoms with Gasteiger partial charge in [0.15, 0.2) is 0 Å². The third kappa shape index (κ3) is 3.91. The molecule has 0 saturated heterocycles. The van der Waals surface area contributed by atoms with Crippen LogP contribution in [0.5, 0.6) is 5.75 Å². The Balaban J connectivity index is 1.33. The number of carbonyl (C=O) groups excluding carboxylic acids is 1. The van der Waals surface area contributed by atoms with Gasteiger partial charge in [-0.15, -0.1) is 11.3 Å². The molecule has 1 aliphatic heterocycles. The number of aryl methyl sites for hydroxylation is 2. The molecule has 9 heteroatoms. The second-order valence-corrected chi connectivity index (χ2v) is 8.88. The topological polar surface area (TPSA) is 93.4 Å². The number of hydrogen-bond acceptors (Lipinski definition) is 8. The first-order valence-corrected chi connectivity index (χ1v) is 11.3. The average Bonchev–Trinajstić information content (AvgIpc) is 3.45. The van der Waals surface area contributed by atoms with Crippen LogP contribution >= 0.6 is 11.3 Å². The van der Waals surface area contributed by atoms with Gasteiger partial charge in [-0.1, -0.05) is 23.4 Å². The first-order chi connectivity index (χ1) is 15.6. The zero-order valence-electron chi connectivity index (χ0n) is 17.9. The van der Waals surface area contributed by atoms with Gasteiger partial charge in [-0.3, -0.25) is 4.79 Å². The molecule has 0 aliphatic carbocycles. The number of amides is 1. The zero-order valence-corrected chi connectivity index (χ0v) is 18.7. The number of rotatable bonds is 6. The lowest BCUT2D eigenvalue weighted by Gasteiger charge is -2.26. The van der Waals surface area contributed by atoms with Gasteiger partial charge in [-0.25, -0.2) is 9.97 Å². The van der Waals surface area contributed by atoms with E-state index in [1.54, 1.807) is 18.0 Å². The quantitative estimate of drug-likeness (QED) is 0.474. The van der Waals surface area contributed by atoms with E-state index < -0.39 is 0 Å². The minimum Gasteiger partial charge on any atom is -0.488 e. The lowest BCUT2D eigenvalue weighted by molar-refractivity contribution is 0.0786. The molecule has 3 aromatic heterocycles. The van der Waals surface area contributed by atoms with Crippen LogP contribution in [0.2, 0.25) is 0 Å². The van der Waals surface area contributed by atoms with Crippen LogP contribution in [0, 0.1) is 6.92 Å². The Kier molecular flexibility index (Phi) is 5.48. The number of anilines is 1. The van der Waals surface area contributed by atoms with Gasteiger partial charge in [0, 0.05) is 13.1 Å². The monoisotopic (exact) mass is 449 g/mol. The Bertz CT molecular complexity index is 1250. The fraction of sp³-hybridized carbons (Fsp3) is 0.304. The van der Waals surface area contributed by atoms with Crippen LogP contribution in [0.3, 0.4) is 0 Å². The van der Waals surface area contributed by atoms with Crippen molar-refractivity contribution in [2.45, 2.75) is 32.4 Å². The number of nitrogens with zero attached hydrogens (tertiary/aromatic N) is 4. The molecule has 1 aliphatic rings. The molecule has 8 nitrogen and oxygen atoms in total. The van der Waals surface area contributed by atoms with Gasteiger partial charge in [0.25, 0.3) is 5.91 Å². The number of fused-ring (bicyclic) bond motifs is 2. The molecule has 1 amide bonds. The van der Waals surface area contributed by atoms with Gasteiger partial charge in [-0.05, 0) is 37.0 Å². The van der Waals surface area contributed by atoms with Crippen LogP contribution in [-0.2, 0) is 13.0 Å². The minimum atomic E-state index is -0.0772. The molecule has 0 unspecified atom stereocenters. The summed E-state index contributed by atoms with van der Waals surface area (Å²) in [5.41, 5.74) is 2.83. The summed E-state index contributed by atoms with van der Waals surface area (Å²) in [6.45, 7) is 2.95. The number of hydrogen-bond donors (Lipinski definition) is 1. The summed E-state index contributed by atoms with van der Waals surface area (Å²) in [5.74, 6) is 1.60. The second kappa shape index (κ2) is 8.58. The summed E-state index contributed by atoms with van der Waals surface area (Å²) in [6, 6.07) is 9.91. The second-order valence-electron chi connectivity index (χ2n) is 7.88. The summed E-state index contributed by atoms with van der Waals surface area (Å²) in [5, 5.41) is 8.20. The smallest absolute Gasteiger partial charge is 0.264 e. The van der Waals surface area contributed by atoms with Gasteiger partial charge >= 0.3 is 0 Å². The lowest BCUT2D eigenvalue weighted by atomic mass is 10.0. The molecule has 0 radical (unpaired) electrons. The Labute approximate surface area is 189 Å². The predicted molar refractivity (Wildman–Crippen MR) is 122 cm³/mol. The van der Waals surface area contributed by atoms with Crippen LogP contribution < -0.4 is 10.1 Å². The Morgan fingerprint density at radius 3 is 3.00 bits per heavy atom. The van der Waals surface area contributed by atoms with Gasteiger partial charge in [0.05, 0.1) is 23.4 Å². The maximum Gasteiger partial charge on any atom is 0.264 e. The predicted octanol–water partition coefficient (Wildman–Crippen LogP) is 4.07. The molecular weight excluding hydrogens is 426 g/mol. The van der Waals surface area contributed by atoms with Gasteiger partial charge in [0.2, 0.25) is 0 Å². The fourth-order valence-corrected chi connectivity index (χ4v) is 5.09. The first kappa shape index (κ1) is 20.4. The summed E-state index contributed by atoms with van der Waals surface area (Å²) >= 11 is 1.38. The fourth-order valence-electron chi connectivity index (χ4n) is 3.95. The summed E-state index contributed by atoms with van der Waals surface area (Å²) in [4.78, 5) is 25.0. The van der Waals surface area contributed by atoms with Gasteiger partial charge in [-0.2, -0.15) is 0 Å². The van der Waals surface area contributed by atoms with Crippen LogP contribution in [0.1, 0.15) is 32.9 Å². The molecule has 0 bridgehead atoms. The molecule has 0 fully saturated rings. The molecule has 164 valence electrons. The van der Waals surface area contributed by atoms with Crippen molar-refractivity contribution in [2.24, 2.45) is 0 Å². The number of thiophene rings is 1. The summed E-state index contributed by atoms with van der Waals surface area (Å²) in [6.07, 6.45) is 5.03. The van der Waals surface area contributed by atoms with E-state index in [1.165, 1.54) is 29.5 Å². The van der Waals surface area contributed by atoms with Crippen molar-refractivity contribution in [1.82, 2.24) is 20.0 Å². The van der Waals surface area contributed by atoms with E-state index in [1.807, 2.05) is 25.1 Å². The summed E-state index contributed by atoms with van der Waals surface area (Å²) < 4.78 is 11.0. The third-order valence-electron chi connectivity index (χ3n) is 5.66. The van der Waals surface area contributed by atoms with Crippen molar-refractivity contribution in [3.8, 4) is 5.75 Å². The lowest BCUT2D eigenvalue weighted by Crippen LogP contribution is -2.30. The Morgan fingerprint density at radius 2 is 2.16 bits per heavy atom. The maximum absolute atomic E-state index is 13.1. The van der Waals surface area contributed by atoms with Crippen LogP contribution in [0.25, 0.3) is 10.2 Å². The minimum absolute atomic E-state index is 0.0588. The molecular formula is C23H23N5O3S. The van der Waals surface area contributed by atoms with Crippen molar-refractivity contribution < 1.29 is 14.1 Å². The maximum atomic E-state index is 13.1. The van der Waals surface area contributed by atoms with Gasteiger partial charge < -0.3 is 19.5 Å². The Hall–Kier alpha value is -3.46. The average molecular weight is 450 g/mol. The van der Waals surface area contributed by atoms with E-state index in [0.717, 1.165) is 40.2 Å². The molecule has 5 rings (SSSR count).